The molecule has 1 atom stereocenters. The summed E-state index contributed by atoms with van der Waals surface area (Å²) < 4.78 is 0. The van der Waals surface area contributed by atoms with E-state index in [0.717, 1.165) is 17.1 Å². The molecule has 316 valence electrons. The lowest BCUT2D eigenvalue weighted by atomic mass is 9.74. The molecule has 11 aromatic carbocycles. The first-order chi connectivity index (χ1) is 33.1. The normalized spacial score (nSPS) is 13.8. The minimum absolute atomic E-state index is 0.249. The molecule has 67 heavy (non-hydrogen) atoms. The van der Waals surface area contributed by atoms with Gasteiger partial charge in [-0.25, -0.2) is 0 Å². The SMILES string of the molecule is CC1(c2ccccc2)c2ccccc2-c2c(-c3ccc(N(c4ccc(-c5ccc(-c6ccccc6)cc5)cc4)c4ccc(-c5ccc(-c6cccc7ccccc67)cc5)cc4)cc3)cccc21. The maximum absolute atomic E-state index is 2.38. The molecular weight excluding hydrogens is 807 g/mol. The van der Waals surface area contributed by atoms with Crippen LogP contribution in [0.5, 0.6) is 0 Å². The molecule has 0 saturated heterocycles. The van der Waals surface area contributed by atoms with Crippen molar-refractivity contribution >= 4 is 27.8 Å². The van der Waals surface area contributed by atoms with Crippen LogP contribution in [0.1, 0.15) is 23.6 Å². The van der Waals surface area contributed by atoms with Crippen molar-refractivity contribution in [2.75, 3.05) is 4.90 Å². The molecule has 1 unspecified atom stereocenters. The molecular formula is C66H47N. The smallest absolute Gasteiger partial charge is 0.0462 e. The van der Waals surface area contributed by atoms with E-state index in [0.29, 0.717) is 0 Å². The second-order valence-electron chi connectivity index (χ2n) is 17.8. The van der Waals surface area contributed by atoms with Gasteiger partial charge >= 0.3 is 0 Å². The van der Waals surface area contributed by atoms with Crippen LogP contribution in [-0.4, -0.2) is 0 Å². The summed E-state index contributed by atoms with van der Waals surface area (Å²) in [5.41, 5.74) is 21.8. The van der Waals surface area contributed by atoms with Crippen molar-refractivity contribution < 1.29 is 0 Å². The fourth-order valence-electron chi connectivity index (χ4n) is 10.5. The molecule has 0 radical (unpaired) electrons. The Morgan fingerprint density at radius 2 is 0.642 bits per heavy atom. The van der Waals surface area contributed by atoms with Crippen molar-refractivity contribution in [1.29, 1.82) is 0 Å². The molecule has 11 aromatic rings. The molecule has 0 N–H and O–H groups in total. The van der Waals surface area contributed by atoms with Gasteiger partial charge in [0.05, 0.1) is 0 Å². The minimum atomic E-state index is -0.249. The Balaban J connectivity index is 0.898. The zero-order chi connectivity index (χ0) is 44.7. The quantitative estimate of drug-likeness (QED) is 0.140. The molecule has 0 heterocycles. The first-order valence-electron chi connectivity index (χ1n) is 23.2. The van der Waals surface area contributed by atoms with Crippen LogP contribution in [0.2, 0.25) is 0 Å². The molecule has 1 aliphatic rings. The van der Waals surface area contributed by atoms with Crippen molar-refractivity contribution in [3.05, 3.63) is 284 Å². The van der Waals surface area contributed by atoms with E-state index in [1.165, 1.54) is 94.2 Å². The number of hydrogen-bond donors (Lipinski definition) is 0. The molecule has 1 heteroatoms. The largest absolute Gasteiger partial charge is 0.311 e. The highest BCUT2D eigenvalue weighted by Crippen LogP contribution is 2.55. The van der Waals surface area contributed by atoms with E-state index in [2.05, 4.69) is 279 Å². The third kappa shape index (κ3) is 7.13. The third-order valence-electron chi connectivity index (χ3n) is 14.0. The molecule has 0 spiro atoms. The number of hydrogen-bond acceptors (Lipinski definition) is 1. The van der Waals surface area contributed by atoms with Crippen molar-refractivity contribution in [3.8, 4) is 66.8 Å². The minimum Gasteiger partial charge on any atom is -0.311 e. The Hall–Kier alpha value is -8.52. The molecule has 0 aliphatic heterocycles. The van der Waals surface area contributed by atoms with Crippen molar-refractivity contribution in [2.24, 2.45) is 0 Å². The Morgan fingerprint density at radius 1 is 0.269 bits per heavy atom. The third-order valence-corrected chi connectivity index (χ3v) is 14.0. The van der Waals surface area contributed by atoms with Crippen LogP contribution >= 0.6 is 0 Å². The van der Waals surface area contributed by atoms with Crippen molar-refractivity contribution in [3.63, 3.8) is 0 Å². The zero-order valence-electron chi connectivity index (χ0n) is 37.4. The van der Waals surface area contributed by atoms with E-state index in [9.17, 15) is 0 Å². The molecule has 0 aromatic heterocycles. The molecule has 1 nitrogen and oxygen atoms in total. The maximum Gasteiger partial charge on any atom is 0.0462 e. The first-order valence-corrected chi connectivity index (χ1v) is 23.2. The second kappa shape index (κ2) is 16.8. The van der Waals surface area contributed by atoms with Crippen LogP contribution in [0.25, 0.3) is 77.5 Å². The predicted octanol–water partition coefficient (Wildman–Crippen LogP) is 18.0. The van der Waals surface area contributed by atoms with Gasteiger partial charge in [0.1, 0.15) is 0 Å². The second-order valence-corrected chi connectivity index (χ2v) is 17.8. The van der Waals surface area contributed by atoms with Gasteiger partial charge in [-0.2, -0.15) is 0 Å². The zero-order valence-corrected chi connectivity index (χ0v) is 37.4. The van der Waals surface area contributed by atoms with E-state index < -0.39 is 0 Å². The molecule has 0 bridgehead atoms. The highest BCUT2D eigenvalue weighted by atomic mass is 15.1. The summed E-state index contributed by atoms with van der Waals surface area (Å²) in [5.74, 6) is 0. The standard InChI is InChI=1S/C66H47N/c1-66(55-18-6-3-7-19-55)63-24-11-10-21-62(63)65-61(23-13-25-64(65)66)54-38-44-58(45-39-54)67(56-40-34-50(35-41-56)48-28-26-47(27-29-48)46-14-4-2-5-15-46)57-42-36-51(37-43-57)49-30-32-53(33-31-49)60-22-12-17-52-16-8-9-20-59(52)60/h2-45H,1H3. The lowest BCUT2D eigenvalue weighted by Gasteiger charge is -2.28. The monoisotopic (exact) mass is 853 g/mol. The van der Waals surface area contributed by atoms with Crippen molar-refractivity contribution in [2.45, 2.75) is 12.3 Å². The highest BCUT2D eigenvalue weighted by molar-refractivity contribution is 5.97. The van der Waals surface area contributed by atoms with Crippen LogP contribution in [0.3, 0.4) is 0 Å². The molecule has 1 aliphatic carbocycles. The average Bonchev–Trinajstić information content (AvgIpc) is 3.68. The van der Waals surface area contributed by atoms with Crippen LogP contribution in [0, 0.1) is 0 Å². The van der Waals surface area contributed by atoms with E-state index >= 15 is 0 Å². The highest BCUT2D eigenvalue weighted by Gasteiger charge is 2.41. The number of rotatable bonds is 9. The van der Waals surface area contributed by atoms with Gasteiger partial charge in [0.15, 0.2) is 0 Å². The van der Waals surface area contributed by atoms with Gasteiger partial charge in [-0.3, -0.25) is 0 Å². The molecule has 0 fully saturated rings. The first kappa shape index (κ1) is 40.0. The molecule has 12 rings (SSSR count). The van der Waals surface area contributed by atoms with Gasteiger partial charge in [0, 0.05) is 22.5 Å². The summed E-state index contributed by atoms with van der Waals surface area (Å²) in [5, 5.41) is 2.53. The van der Waals surface area contributed by atoms with Gasteiger partial charge in [-0.1, -0.05) is 231 Å². The Labute approximate surface area is 393 Å². The van der Waals surface area contributed by atoms with Gasteiger partial charge < -0.3 is 4.90 Å². The summed E-state index contributed by atoms with van der Waals surface area (Å²) in [6, 6.07) is 97.5. The summed E-state index contributed by atoms with van der Waals surface area (Å²) in [4.78, 5) is 2.37. The number of anilines is 3. The summed E-state index contributed by atoms with van der Waals surface area (Å²) in [6.07, 6.45) is 0. The number of nitrogens with zero attached hydrogens (tertiary/aromatic N) is 1. The summed E-state index contributed by atoms with van der Waals surface area (Å²) in [7, 11) is 0. The van der Waals surface area contributed by atoms with Crippen LogP contribution in [-0.2, 0) is 5.41 Å². The number of fused-ring (bicyclic) bond motifs is 4. The van der Waals surface area contributed by atoms with E-state index in [1.54, 1.807) is 0 Å². The lowest BCUT2D eigenvalue weighted by Crippen LogP contribution is -2.22. The Bertz CT molecular complexity index is 3510. The van der Waals surface area contributed by atoms with Crippen LogP contribution in [0.15, 0.2) is 267 Å². The Morgan fingerprint density at radius 3 is 1.24 bits per heavy atom. The van der Waals surface area contributed by atoms with Gasteiger partial charge in [0.25, 0.3) is 0 Å². The molecule has 0 saturated carbocycles. The van der Waals surface area contributed by atoms with Gasteiger partial charge in [0.2, 0.25) is 0 Å². The maximum atomic E-state index is 2.38. The number of benzene rings is 11. The van der Waals surface area contributed by atoms with E-state index in [1.807, 2.05) is 0 Å². The predicted molar refractivity (Wildman–Crippen MR) is 283 cm³/mol. The molecule has 0 amide bonds. The van der Waals surface area contributed by atoms with E-state index in [-0.39, 0.29) is 5.41 Å². The lowest BCUT2D eigenvalue weighted by molar-refractivity contribution is 0.714. The van der Waals surface area contributed by atoms with Crippen molar-refractivity contribution in [1.82, 2.24) is 0 Å². The van der Waals surface area contributed by atoms with E-state index in [4.69, 9.17) is 0 Å². The summed E-state index contributed by atoms with van der Waals surface area (Å²) in [6.45, 7) is 2.38. The van der Waals surface area contributed by atoms with Crippen LogP contribution in [0.4, 0.5) is 17.1 Å². The van der Waals surface area contributed by atoms with Crippen LogP contribution < -0.4 is 4.90 Å². The van der Waals surface area contributed by atoms with Gasteiger partial charge in [-0.05, 0) is 138 Å². The summed E-state index contributed by atoms with van der Waals surface area (Å²) >= 11 is 0. The Kier molecular flexibility index (Phi) is 10.0. The average molecular weight is 854 g/mol. The fraction of sp³-hybridized carbons (Fsp3) is 0.0303. The topological polar surface area (TPSA) is 3.24 Å². The van der Waals surface area contributed by atoms with Gasteiger partial charge in [-0.15, -0.1) is 0 Å². The fourth-order valence-corrected chi connectivity index (χ4v) is 10.5.